The number of pyridine rings is 1. The standard InChI is InChI=1S/C51H52N4O16S4/c1-7-8-22-53-40-16-13-35-30(2)25-33(73(62,63)64)26-37(35)47(40)50(3,4)43(53)18-11-31(39-15-10-32(29-52-39)49(58)71-55-45(56)20-21-46(55)57)12-19-44-51(5,6)48-38-27-34(74(65,66)67)28-42(75(68,69)70)36(38)14-17-41(48)54(44)23-9-24-72(59,60)61/h10-19,25-29H,7-9,20-24H2,1-6H3,(H3-,59,60,61,62,63,64,65,66,67,68,69,70). The van der Waals surface area contributed by atoms with Crippen LogP contribution >= 0.6 is 0 Å². The van der Waals surface area contributed by atoms with Gasteiger partial charge in [0, 0.05) is 83.2 Å². The molecule has 0 unspecified atom stereocenters. The Morgan fingerprint density at radius 3 is 2.00 bits per heavy atom. The van der Waals surface area contributed by atoms with Crippen molar-refractivity contribution in [2.45, 2.75) is 99.2 Å². The summed E-state index contributed by atoms with van der Waals surface area (Å²) in [5, 5.41) is 1.71. The number of amides is 2. The van der Waals surface area contributed by atoms with E-state index >= 15 is 0 Å². The average molecular weight is 1110 g/mol. The molecule has 75 heavy (non-hydrogen) atoms. The molecule has 0 radical (unpaired) electrons. The molecule has 0 bridgehead atoms. The predicted molar refractivity (Wildman–Crippen MR) is 275 cm³/mol. The lowest BCUT2D eigenvalue weighted by atomic mass is 9.78. The smallest absolute Gasteiger partial charge is 0.365 e. The first kappa shape index (κ1) is 54.7. The zero-order chi connectivity index (χ0) is 55.0. The van der Waals surface area contributed by atoms with E-state index in [1.807, 2.05) is 39.0 Å². The van der Waals surface area contributed by atoms with Gasteiger partial charge < -0.3 is 14.3 Å². The van der Waals surface area contributed by atoms with Gasteiger partial charge in [0.15, 0.2) is 5.71 Å². The molecule has 4 aromatic carbocycles. The Hall–Kier alpha value is -6.51. The third kappa shape index (κ3) is 10.6. The summed E-state index contributed by atoms with van der Waals surface area (Å²) in [7, 11) is -19.5. The number of fused-ring (bicyclic) bond motifs is 6. The van der Waals surface area contributed by atoms with Gasteiger partial charge in [-0.3, -0.25) is 28.2 Å². The highest BCUT2D eigenvalue weighted by Crippen LogP contribution is 2.52. The minimum absolute atomic E-state index is 0.00805. The maximum Gasteiger partial charge on any atom is 0.365 e. The van der Waals surface area contributed by atoms with Gasteiger partial charge in [0.25, 0.3) is 42.2 Å². The van der Waals surface area contributed by atoms with Crippen molar-refractivity contribution in [1.29, 1.82) is 0 Å². The largest absolute Gasteiger partial charge is 0.748 e. The molecule has 4 heterocycles. The lowest BCUT2D eigenvalue weighted by molar-refractivity contribution is -0.438. The Balaban J connectivity index is 1.33. The summed E-state index contributed by atoms with van der Waals surface area (Å²) in [6, 6.07) is 14.1. The lowest BCUT2D eigenvalue weighted by Crippen LogP contribution is -2.32. The Bertz CT molecular complexity index is 3880. The topological polar surface area (TPSA) is 303 Å². The molecule has 1 aromatic heterocycles. The summed E-state index contributed by atoms with van der Waals surface area (Å²) in [5.74, 6) is -3.16. The van der Waals surface area contributed by atoms with Gasteiger partial charge >= 0.3 is 5.97 Å². The molecular formula is C51H52N4O16S4. The molecule has 20 nitrogen and oxygen atoms in total. The molecule has 0 atom stereocenters. The van der Waals surface area contributed by atoms with Gasteiger partial charge in [0.2, 0.25) is 5.69 Å². The third-order valence-corrected chi connectivity index (χ3v) is 17.1. The molecule has 8 rings (SSSR count). The maximum absolute atomic E-state index is 13.2. The van der Waals surface area contributed by atoms with Crippen molar-refractivity contribution in [2.75, 3.05) is 23.7 Å². The number of aryl methyl sites for hydroxylation is 1. The van der Waals surface area contributed by atoms with E-state index in [9.17, 15) is 66.3 Å². The van der Waals surface area contributed by atoms with E-state index in [1.54, 1.807) is 43.9 Å². The highest BCUT2D eigenvalue weighted by molar-refractivity contribution is 7.87. The number of hydrogen-bond acceptors (Lipinski definition) is 15. The van der Waals surface area contributed by atoms with Gasteiger partial charge in [-0.2, -0.15) is 29.8 Å². The molecule has 0 saturated carbocycles. The first-order valence-corrected chi connectivity index (χ1v) is 29.4. The number of benzene rings is 4. The minimum atomic E-state index is -5.10. The Morgan fingerprint density at radius 2 is 1.41 bits per heavy atom. The number of nitrogens with zero attached hydrogens (tertiary/aromatic N) is 4. The molecular weight excluding hydrogens is 1050 g/mol. The number of hydrogen-bond donors (Lipinski definition) is 3. The van der Waals surface area contributed by atoms with Crippen LogP contribution in [0.5, 0.6) is 0 Å². The summed E-state index contributed by atoms with van der Waals surface area (Å²) in [6.45, 7) is 11.7. The number of unbranched alkanes of at least 4 members (excludes halogenated alkanes) is 1. The second-order valence-corrected chi connectivity index (χ2v) is 25.3. The van der Waals surface area contributed by atoms with Crippen LogP contribution in [0.1, 0.15) is 99.5 Å². The number of imide groups is 1. The second-order valence-electron chi connectivity index (χ2n) is 19.5. The van der Waals surface area contributed by atoms with Crippen LogP contribution in [0.25, 0.3) is 27.1 Å². The summed E-state index contributed by atoms with van der Waals surface area (Å²) < 4.78 is 144. The number of carbonyl (C=O) groups is 3. The first-order chi connectivity index (χ1) is 34.8. The minimum Gasteiger partial charge on any atom is -0.748 e. The maximum atomic E-state index is 13.2. The number of carbonyl (C=O) groups excluding carboxylic acids is 3. The Labute approximate surface area is 433 Å². The van der Waals surface area contributed by atoms with Crippen LogP contribution in [0.3, 0.4) is 0 Å². The highest BCUT2D eigenvalue weighted by atomic mass is 32.2. The molecule has 2 amide bonds. The average Bonchev–Trinajstić information content (AvgIpc) is 3.83. The summed E-state index contributed by atoms with van der Waals surface area (Å²) >= 11 is 0. The quantitative estimate of drug-likeness (QED) is 0.0384. The summed E-state index contributed by atoms with van der Waals surface area (Å²) in [5.41, 5.74) is 2.59. The van der Waals surface area contributed by atoms with Gasteiger partial charge in [-0.15, -0.1) is 5.06 Å². The van der Waals surface area contributed by atoms with Crippen molar-refractivity contribution >= 4 is 102 Å². The number of rotatable bonds is 16. The van der Waals surface area contributed by atoms with Crippen molar-refractivity contribution < 1.29 is 75.7 Å². The SMILES string of the molecule is CCCC[N+]1=C(/C=C/C(=C/C=C2/N(CCCS(=O)(=O)[O-])c3ccc4c(S(=O)(=O)O)cc(S(=O)(=O)O)cc4c3C2(C)C)c2ccc(C(=O)ON3C(=O)CCC3=O)cn2)C(C)(C)c2c1ccc1c(C)cc(S(=O)(=O)O)cc21. The molecule has 1 fully saturated rings. The van der Waals surface area contributed by atoms with E-state index in [-0.39, 0.29) is 52.7 Å². The van der Waals surface area contributed by atoms with Crippen LogP contribution in [0.2, 0.25) is 0 Å². The van der Waals surface area contributed by atoms with E-state index in [0.29, 0.717) is 51.1 Å². The fourth-order valence-corrected chi connectivity index (χ4v) is 12.7. The van der Waals surface area contributed by atoms with Crippen molar-refractivity contribution in [2.24, 2.45) is 0 Å². The van der Waals surface area contributed by atoms with Gasteiger partial charge in [0.05, 0.1) is 36.6 Å². The molecule has 396 valence electrons. The predicted octanol–water partition coefficient (Wildman–Crippen LogP) is 7.09. The molecule has 3 aliphatic rings. The summed E-state index contributed by atoms with van der Waals surface area (Å²) in [4.78, 5) is 47.2. The van der Waals surface area contributed by atoms with Gasteiger partial charge in [0.1, 0.15) is 11.4 Å². The monoisotopic (exact) mass is 1100 g/mol. The van der Waals surface area contributed by atoms with Crippen LogP contribution in [-0.4, -0.2) is 109 Å². The lowest BCUT2D eigenvalue weighted by Gasteiger charge is -2.27. The zero-order valence-electron chi connectivity index (χ0n) is 41.4. The van der Waals surface area contributed by atoms with Crippen molar-refractivity contribution in [3.05, 3.63) is 125 Å². The van der Waals surface area contributed by atoms with Gasteiger partial charge in [-0.1, -0.05) is 39.3 Å². The number of aromatic nitrogens is 1. The van der Waals surface area contributed by atoms with Crippen molar-refractivity contribution in [3.63, 3.8) is 0 Å². The molecule has 3 aliphatic heterocycles. The fraction of sp³-hybridized carbons (Fsp3) is 0.314. The van der Waals surface area contributed by atoms with Crippen LogP contribution < -0.4 is 4.90 Å². The normalized spacial score (nSPS) is 17.6. The first-order valence-electron chi connectivity index (χ1n) is 23.5. The number of allylic oxidation sites excluding steroid dienone is 6. The van der Waals surface area contributed by atoms with Crippen molar-refractivity contribution in [3.8, 4) is 0 Å². The van der Waals surface area contributed by atoms with Crippen molar-refractivity contribution in [1.82, 2.24) is 10.0 Å². The van der Waals surface area contributed by atoms with E-state index in [1.165, 1.54) is 42.6 Å². The van der Waals surface area contributed by atoms with E-state index < -0.39 is 84.6 Å². The van der Waals surface area contributed by atoms with E-state index in [0.717, 1.165) is 41.3 Å². The molecule has 3 N–H and O–H groups in total. The van der Waals surface area contributed by atoms with E-state index in [2.05, 4.69) is 9.56 Å². The van der Waals surface area contributed by atoms with Crippen LogP contribution in [0.15, 0.2) is 112 Å². The number of hydroxylamine groups is 2. The van der Waals surface area contributed by atoms with Crippen LogP contribution in [-0.2, 0) is 65.7 Å². The zero-order valence-corrected chi connectivity index (χ0v) is 44.7. The third-order valence-electron chi connectivity index (χ3n) is 13.7. The molecule has 1 saturated heterocycles. The fourth-order valence-electron chi connectivity index (χ4n) is 10.2. The molecule has 24 heteroatoms. The van der Waals surface area contributed by atoms with E-state index in [4.69, 9.17) is 4.84 Å². The molecule has 0 spiro atoms. The highest BCUT2D eigenvalue weighted by Gasteiger charge is 2.46. The van der Waals surface area contributed by atoms with Gasteiger partial charge in [-0.25, -0.2) is 13.2 Å². The second kappa shape index (κ2) is 19.6. The van der Waals surface area contributed by atoms with Crippen LogP contribution in [0.4, 0.5) is 11.4 Å². The van der Waals surface area contributed by atoms with Gasteiger partial charge in [-0.05, 0) is 115 Å². The Morgan fingerprint density at radius 1 is 0.787 bits per heavy atom. The van der Waals surface area contributed by atoms with Crippen LogP contribution in [0, 0.1) is 6.92 Å². The summed E-state index contributed by atoms with van der Waals surface area (Å²) in [6.07, 6.45) is 9.28. The molecule has 5 aromatic rings. The number of anilines is 1. The molecule has 0 aliphatic carbocycles. The Kier molecular flexibility index (Phi) is 14.3.